The van der Waals surface area contributed by atoms with Crippen molar-refractivity contribution in [2.45, 2.75) is 25.7 Å². The van der Waals surface area contributed by atoms with E-state index in [1.165, 1.54) is 11.4 Å². The van der Waals surface area contributed by atoms with Gasteiger partial charge in [0, 0.05) is 31.2 Å². The number of aryl methyl sites for hydroxylation is 1. The number of hydrogen-bond acceptors (Lipinski definition) is 4. The minimum absolute atomic E-state index is 0.190. The molecule has 1 heterocycles. The molecule has 1 aromatic rings. The maximum atomic E-state index is 13.0. The summed E-state index contributed by atoms with van der Waals surface area (Å²) in [7, 11) is -2.13. The van der Waals surface area contributed by atoms with Crippen molar-refractivity contribution >= 4 is 21.6 Å². The van der Waals surface area contributed by atoms with E-state index in [9.17, 15) is 8.42 Å². The third-order valence-corrected chi connectivity index (χ3v) is 6.83. The summed E-state index contributed by atoms with van der Waals surface area (Å²) >= 11 is 6.26. The van der Waals surface area contributed by atoms with E-state index in [4.69, 9.17) is 16.3 Å². The van der Waals surface area contributed by atoms with E-state index in [0.717, 1.165) is 25.2 Å². The lowest BCUT2D eigenvalue weighted by atomic mass is 10.1. The minimum Gasteiger partial charge on any atom is -0.495 e. The van der Waals surface area contributed by atoms with Gasteiger partial charge in [-0.05, 0) is 37.6 Å². The number of piperazine rings is 1. The number of sulfonamides is 1. The quantitative estimate of drug-likeness (QED) is 0.839. The molecule has 1 aliphatic rings. The average molecular weight is 347 g/mol. The van der Waals surface area contributed by atoms with Crippen LogP contribution in [0.25, 0.3) is 0 Å². The summed E-state index contributed by atoms with van der Waals surface area (Å²) in [6.45, 7) is 9.06. The summed E-state index contributed by atoms with van der Waals surface area (Å²) in [4.78, 5) is 2.42. The van der Waals surface area contributed by atoms with E-state index < -0.39 is 10.0 Å². The van der Waals surface area contributed by atoms with Gasteiger partial charge in [-0.2, -0.15) is 4.31 Å². The Labute approximate surface area is 137 Å². The normalized spacial score (nSPS) is 17.7. The molecule has 0 N–H and O–H groups in total. The van der Waals surface area contributed by atoms with Crippen molar-refractivity contribution in [3.63, 3.8) is 0 Å². The molecule has 1 saturated heterocycles. The molecule has 0 unspecified atom stereocenters. The second-order valence-electron chi connectivity index (χ2n) is 5.50. The van der Waals surface area contributed by atoms with Crippen LogP contribution in [0.15, 0.2) is 11.0 Å². The molecule has 1 fully saturated rings. The first kappa shape index (κ1) is 17.5. The van der Waals surface area contributed by atoms with Gasteiger partial charge in [0.25, 0.3) is 0 Å². The Hall–Kier alpha value is -0.820. The first-order valence-corrected chi connectivity index (χ1v) is 9.21. The molecule has 7 heteroatoms. The van der Waals surface area contributed by atoms with Crippen LogP contribution in [0.1, 0.15) is 18.1 Å². The highest BCUT2D eigenvalue weighted by Gasteiger charge is 2.33. The van der Waals surface area contributed by atoms with E-state index in [1.54, 1.807) is 13.0 Å². The molecule has 0 spiro atoms. The summed E-state index contributed by atoms with van der Waals surface area (Å²) in [5.41, 5.74) is 1.36. The van der Waals surface area contributed by atoms with Gasteiger partial charge in [-0.3, -0.25) is 0 Å². The van der Waals surface area contributed by atoms with Crippen LogP contribution < -0.4 is 4.74 Å². The lowest BCUT2D eigenvalue weighted by molar-refractivity contribution is 0.196. The van der Waals surface area contributed by atoms with Gasteiger partial charge in [0.2, 0.25) is 10.0 Å². The number of methoxy groups -OCH3 is 1. The molecule has 0 atom stereocenters. The first-order chi connectivity index (χ1) is 10.3. The van der Waals surface area contributed by atoms with Gasteiger partial charge in [-0.1, -0.05) is 18.5 Å². The lowest BCUT2D eigenvalue weighted by Gasteiger charge is -2.33. The Balaban J connectivity index is 2.44. The molecule has 0 amide bonds. The molecule has 1 aliphatic heterocycles. The molecule has 5 nitrogen and oxygen atoms in total. The van der Waals surface area contributed by atoms with Crippen LogP contribution >= 0.6 is 11.6 Å². The highest BCUT2D eigenvalue weighted by molar-refractivity contribution is 7.89. The van der Waals surface area contributed by atoms with Crippen LogP contribution in [0.5, 0.6) is 5.75 Å². The Bertz CT molecular complexity index is 653. The van der Waals surface area contributed by atoms with E-state index in [2.05, 4.69) is 11.8 Å². The van der Waals surface area contributed by atoms with Crippen LogP contribution in [0, 0.1) is 13.8 Å². The molecule has 0 aliphatic carbocycles. The zero-order valence-corrected chi connectivity index (χ0v) is 15.1. The first-order valence-electron chi connectivity index (χ1n) is 7.39. The summed E-state index contributed by atoms with van der Waals surface area (Å²) in [5.74, 6) is 0.359. The Kier molecular flexibility index (Phi) is 5.37. The highest BCUT2D eigenvalue weighted by Crippen LogP contribution is 2.36. The molecular formula is C15H23ClN2O3S. The lowest BCUT2D eigenvalue weighted by Crippen LogP contribution is -2.48. The molecule has 2 rings (SSSR count). The summed E-state index contributed by atoms with van der Waals surface area (Å²) in [6, 6.07) is 1.69. The van der Waals surface area contributed by atoms with Gasteiger partial charge in [-0.25, -0.2) is 8.42 Å². The van der Waals surface area contributed by atoms with E-state index in [1.807, 2.05) is 6.92 Å². The van der Waals surface area contributed by atoms with Crippen molar-refractivity contribution < 1.29 is 13.2 Å². The maximum absolute atomic E-state index is 13.0. The van der Waals surface area contributed by atoms with Gasteiger partial charge in [0.15, 0.2) is 0 Å². The van der Waals surface area contributed by atoms with Crippen molar-refractivity contribution in [3.8, 4) is 5.75 Å². The van der Waals surface area contributed by atoms with Gasteiger partial charge < -0.3 is 9.64 Å². The van der Waals surface area contributed by atoms with Crippen LogP contribution in [-0.4, -0.2) is 57.5 Å². The number of likely N-dealkylation sites (N-methyl/N-ethyl adjacent to an activating group) is 1. The van der Waals surface area contributed by atoms with Crippen LogP contribution in [-0.2, 0) is 10.0 Å². The zero-order chi connectivity index (χ0) is 16.5. The predicted molar refractivity (Wildman–Crippen MR) is 88.4 cm³/mol. The fourth-order valence-corrected chi connectivity index (χ4v) is 4.79. The molecule has 0 aromatic heterocycles. The van der Waals surface area contributed by atoms with Crippen LogP contribution in [0.4, 0.5) is 0 Å². The number of halogens is 1. The number of nitrogens with zero attached hydrogens (tertiary/aromatic N) is 2. The SMILES string of the molecule is CCN1CCN(S(=O)(=O)c2c(OC)cc(C)c(Cl)c2C)CC1. The van der Waals surface area contributed by atoms with Gasteiger partial charge in [0.05, 0.1) is 7.11 Å². The molecular weight excluding hydrogens is 324 g/mol. The molecule has 0 saturated carbocycles. The van der Waals surface area contributed by atoms with Crippen molar-refractivity contribution in [1.82, 2.24) is 9.21 Å². The Morgan fingerprint density at radius 1 is 1.23 bits per heavy atom. The smallest absolute Gasteiger partial charge is 0.247 e. The van der Waals surface area contributed by atoms with Gasteiger partial charge in [0.1, 0.15) is 10.6 Å². The van der Waals surface area contributed by atoms with Crippen molar-refractivity contribution in [2.24, 2.45) is 0 Å². The van der Waals surface area contributed by atoms with Gasteiger partial charge in [-0.15, -0.1) is 0 Å². The summed E-state index contributed by atoms with van der Waals surface area (Å²) < 4.78 is 32.9. The predicted octanol–water partition coefficient (Wildman–Crippen LogP) is 2.29. The average Bonchev–Trinajstić information content (AvgIpc) is 2.51. The second-order valence-corrected chi connectivity index (χ2v) is 7.75. The van der Waals surface area contributed by atoms with Crippen LogP contribution in [0.3, 0.4) is 0 Å². The van der Waals surface area contributed by atoms with E-state index >= 15 is 0 Å². The van der Waals surface area contributed by atoms with E-state index in [-0.39, 0.29) is 4.90 Å². The molecule has 124 valence electrons. The Morgan fingerprint density at radius 3 is 2.32 bits per heavy atom. The molecule has 22 heavy (non-hydrogen) atoms. The maximum Gasteiger partial charge on any atom is 0.247 e. The zero-order valence-electron chi connectivity index (χ0n) is 13.5. The largest absolute Gasteiger partial charge is 0.495 e. The standard InChI is InChI=1S/C15H23ClN2O3S/c1-5-17-6-8-18(9-7-17)22(19,20)15-12(3)14(16)11(2)10-13(15)21-4/h10H,5-9H2,1-4H3. The number of ether oxygens (including phenoxy) is 1. The monoisotopic (exact) mass is 346 g/mol. The summed E-state index contributed by atoms with van der Waals surface area (Å²) in [5, 5.41) is 0.478. The van der Waals surface area contributed by atoms with Crippen LogP contribution in [0.2, 0.25) is 5.02 Å². The number of benzene rings is 1. The third kappa shape index (κ3) is 3.11. The molecule has 0 bridgehead atoms. The number of rotatable bonds is 4. The molecule has 1 aromatic carbocycles. The highest BCUT2D eigenvalue weighted by atomic mass is 35.5. The van der Waals surface area contributed by atoms with Crippen molar-refractivity contribution in [3.05, 3.63) is 22.2 Å². The Morgan fingerprint density at radius 2 is 1.82 bits per heavy atom. The fourth-order valence-electron chi connectivity index (χ4n) is 2.79. The summed E-state index contributed by atoms with van der Waals surface area (Å²) in [6.07, 6.45) is 0. The van der Waals surface area contributed by atoms with Crippen molar-refractivity contribution in [2.75, 3.05) is 39.8 Å². The second kappa shape index (κ2) is 6.74. The van der Waals surface area contributed by atoms with Gasteiger partial charge >= 0.3 is 0 Å². The number of hydrogen-bond donors (Lipinski definition) is 0. The molecule has 0 radical (unpaired) electrons. The topological polar surface area (TPSA) is 49.9 Å². The minimum atomic E-state index is -3.61. The third-order valence-electron chi connectivity index (χ3n) is 4.18. The van der Waals surface area contributed by atoms with E-state index in [0.29, 0.717) is 29.4 Å². The van der Waals surface area contributed by atoms with Crippen molar-refractivity contribution in [1.29, 1.82) is 0 Å². The fraction of sp³-hybridized carbons (Fsp3) is 0.600.